The van der Waals surface area contributed by atoms with Crippen molar-refractivity contribution in [1.29, 1.82) is 0 Å². The Morgan fingerprint density at radius 3 is 2.50 bits per heavy atom. The van der Waals surface area contributed by atoms with Gasteiger partial charge in [0, 0.05) is 5.56 Å². The second-order valence-electron chi connectivity index (χ2n) is 4.37. The molecule has 0 radical (unpaired) electrons. The molecule has 0 saturated carbocycles. The quantitative estimate of drug-likeness (QED) is 0.878. The first-order valence-corrected chi connectivity index (χ1v) is 7.30. The molecule has 2 nitrogen and oxygen atoms in total. The molecule has 0 aliphatic heterocycles. The summed E-state index contributed by atoms with van der Waals surface area (Å²) in [6, 6.07) is 12.8. The van der Waals surface area contributed by atoms with Gasteiger partial charge in [-0.3, -0.25) is 0 Å². The summed E-state index contributed by atoms with van der Waals surface area (Å²) in [7, 11) is 1.82. The van der Waals surface area contributed by atoms with E-state index in [1.165, 1.54) is 0 Å². The first-order chi connectivity index (χ1) is 9.67. The minimum atomic E-state index is -0.235. The van der Waals surface area contributed by atoms with Gasteiger partial charge in [-0.25, -0.2) is 4.39 Å². The van der Waals surface area contributed by atoms with Crippen LogP contribution in [0.3, 0.4) is 0 Å². The fraction of sp³-hybridized carbons (Fsp3) is 0.250. The van der Waals surface area contributed by atoms with Crippen molar-refractivity contribution in [3.8, 4) is 5.75 Å². The zero-order valence-electron chi connectivity index (χ0n) is 11.5. The van der Waals surface area contributed by atoms with Gasteiger partial charge in [0.1, 0.15) is 11.6 Å². The van der Waals surface area contributed by atoms with Crippen LogP contribution in [0.4, 0.5) is 4.39 Å². The summed E-state index contributed by atoms with van der Waals surface area (Å²) >= 11 is 3.23. The molecule has 0 saturated heterocycles. The van der Waals surface area contributed by atoms with Gasteiger partial charge < -0.3 is 10.1 Å². The second-order valence-corrected chi connectivity index (χ2v) is 5.22. The highest BCUT2D eigenvalue weighted by molar-refractivity contribution is 9.10. The van der Waals surface area contributed by atoms with Crippen molar-refractivity contribution in [2.24, 2.45) is 0 Å². The molecule has 1 atom stereocenters. The highest BCUT2D eigenvalue weighted by Crippen LogP contribution is 2.29. The number of ether oxygens (including phenoxy) is 1. The van der Waals surface area contributed by atoms with Crippen LogP contribution < -0.4 is 10.1 Å². The predicted molar refractivity (Wildman–Crippen MR) is 82.6 cm³/mol. The summed E-state index contributed by atoms with van der Waals surface area (Å²) in [5.74, 6) is 0.585. The van der Waals surface area contributed by atoms with Crippen LogP contribution in [-0.2, 0) is 0 Å². The summed E-state index contributed by atoms with van der Waals surface area (Å²) in [6.45, 7) is 2.58. The largest absolute Gasteiger partial charge is 0.494 e. The molecule has 0 amide bonds. The third-order valence-electron chi connectivity index (χ3n) is 3.11. The van der Waals surface area contributed by atoms with E-state index >= 15 is 0 Å². The molecule has 4 heteroatoms. The van der Waals surface area contributed by atoms with E-state index in [9.17, 15) is 4.39 Å². The Bertz CT molecular complexity index is 571. The van der Waals surface area contributed by atoms with Crippen molar-refractivity contribution < 1.29 is 9.13 Å². The predicted octanol–water partition coefficient (Wildman–Crippen LogP) is 4.30. The van der Waals surface area contributed by atoms with Gasteiger partial charge >= 0.3 is 0 Å². The van der Waals surface area contributed by atoms with E-state index in [2.05, 4.69) is 21.2 Å². The smallest absolute Gasteiger partial charge is 0.142 e. The number of rotatable bonds is 5. The molecule has 0 spiro atoms. The molecule has 2 aromatic rings. The zero-order valence-corrected chi connectivity index (χ0v) is 13.1. The van der Waals surface area contributed by atoms with Crippen LogP contribution in [0.5, 0.6) is 5.75 Å². The molecule has 2 rings (SSSR count). The van der Waals surface area contributed by atoms with Crippen molar-refractivity contribution in [2.75, 3.05) is 13.7 Å². The summed E-state index contributed by atoms with van der Waals surface area (Å²) in [4.78, 5) is 0. The van der Waals surface area contributed by atoms with E-state index in [-0.39, 0.29) is 11.9 Å². The van der Waals surface area contributed by atoms with E-state index in [1.807, 2.05) is 44.3 Å². The van der Waals surface area contributed by atoms with Gasteiger partial charge in [-0.1, -0.05) is 24.3 Å². The molecule has 0 aromatic heterocycles. The van der Waals surface area contributed by atoms with E-state index in [0.717, 1.165) is 11.3 Å². The van der Waals surface area contributed by atoms with Gasteiger partial charge in [0.05, 0.1) is 17.1 Å². The van der Waals surface area contributed by atoms with E-state index < -0.39 is 0 Å². The lowest BCUT2D eigenvalue weighted by atomic mass is 9.98. The Kier molecular flexibility index (Phi) is 5.15. The van der Waals surface area contributed by atoms with Crippen molar-refractivity contribution >= 4 is 15.9 Å². The van der Waals surface area contributed by atoms with Crippen LogP contribution in [0.25, 0.3) is 0 Å². The van der Waals surface area contributed by atoms with Crippen LogP contribution in [0, 0.1) is 5.82 Å². The first kappa shape index (κ1) is 15.0. The third kappa shape index (κ3) is 3.19. The lowest BCUT2D eigenvalue weighted by molar-refractivity contribution is 0.340. The SMILES string of the molecule is CCOc1ccc(C(NC)c2cccc(Br)c2F)cc1. The molecule has 0 heterocycles. The van der Waals surface area contributed by atoms with Crippen LogP contribution in [0.1, 0.15) is 24.1 Å². The van der Waals surface area contributed by atoms with Gasteiger partial charge in [0.2, 0.25) is 0 Å². The van der Waals surface area contributed by atoms with Crippen LogP contribution in [0.15, 0.2) is 46.9 Å². The molecule has 0 aliphatic carbocycles. The molecule has 2 aromatic carbocycles. The topological polar surface area (TPSA) is 21.3 Å². The number of hydrogen-bond acceptors (Lipinski definition) is 2. The lowest BCUT2D eigenvalue weighted by Crippen LogP contribution is -2.19. The van der Waals surface area contributed by atoms with Crippen LogP contribution in [0.2, 0.25) is 0 Å². The fourth-order valence-electron chi connectivity index (χ4n) is 2.17. The molecular formula is C16H17BrFNO. The minimum absolute atomic E-state index is 0.192. The zero-order chi connectivity index (χ0) is 14.5. The average Bonchev–Trinajstić information content (AvgIpc) is 2.46. The lowest BCUT2D eigenvalue weighted by Gasteiger charge is -2.19. The normalized spacial score (nSPS) is 12.2. The van der Waals surface area contributed by atoms with E-state index in [0.29, 0.717) is 16.6 Å². The van der Waals surface area contributed by atoms with Crippen molar-refractivity contribution in [3.63, 3.8) is 0 Å². The molecule has 20 heavy (non-hydrogen) atoms. The Labute approximate surface area is 127 Å². The highest BCUT2D eigenvalue weighted by atomic mass is 79.9. The van der Waals surface area contributed by atoms with Gasteiger partial charge in [0.15, 0.2) is 0 Å². The molecular weight excluding hydrogens is 321 g/mol. The van der Waals surface area contributed by atoms with Gasteiger partial charge in [-0.2, -0.15) is 0 Å². The average molecular weight is 338 g/mol. The number of hydrogen-bond donors (Lipinski definition) is 1. The van der Waals surface area contributed by atoms with Crippen LogP contribution in [-0.4, -0.2) is 13.7 Å². The minimum Gasteiger partial charge on any atom is -0.494 e. The Hall–Kier alpha value is -1.39. The maximum absolute atomic E-state index is 14.2. The maximum Gasteiger partial charge on any atom is 0.142 e. The first-order valence-electron chi connectivity index (χ1n) is 6.51. The van der Waals surface area contributed by atoms with Gasteiger partial charge in [0.25, 0.3) is 0 Å². The monoisotopic (exact) mass is 337 g/mol. The molecule has 1 N–H and O–H groups in total. The molecule has 106 valence electrons. The fourth-order valence-corrected chi connectivity index (χ4v) is 2.55. The second kappa shape index (κ2) is 6.86. The highest BCUT2D eigenvalue weighted by Gasteiger charge is 2.17. The Balaban J connectivity index is 2.34. The van der Waals surface area contributed by atoms with E-state index in [1.54, 1.807) is 12.1 Å². The van der Waals surface area contributed by atoms with Crippen LogP contribution >= 0.6 is 15.9 Å². The number of nitrogens with one attached hydrogen (secondary N) is 1. The van der Waals surface area contributed by atoms with Crippen molar-refractivity contribution in [1.82, 2.24) is 5.32 Å². The summed E-state index contributed by atoms with van der Waals surface area (Å²) in [5, 5.41) is 3.15. The molecule has 1 unspecified atom stereocenters. The van der Waals surface area contributed by atoms with E-state index in [4.69, 9.17) is 4.74 Å². The standard InChI is InChI=1S/C16H17BrFNO/c1-3-20-12-9-7-11(8-10-12)16(19-2)13-5-4-6-14(17)15(13)18/h4-10,16,19H,3H2,1-2H3. The Morgan fingerprint density at radius 1 is 1.20 bits per heavy atom. The molecule has 0 fully saturated rings. The molecule has 0 bridgehead atoms. The van der Waals surface area contributed by atoms with Gasteiger partial charge in [-0.15, -0.1) is 0 Å². The number of benzene rings is 2. The van der Waals surface area contributed by atoms with Gasteiger partial charge in [-0.05, 0) is 53.7 Å². The van der Waals surface area contributed by atoms with Crippen molar-refractivity contribution in [3.05, 3.63) is 63.9 Å². The third-order valence-corrected chi connectivity index (χ3v) is 3.72. The van der Waals surface area contributed by atoms with Crippen molar-refractivity contribution in [2.45, 2.75) is 13.0 Å². The summed E-state index contributed by atoms with van der Waals surface area (Å²) in [6.07, 6.45) is 0. The number of halogens is 2. The molecule has 0 aliphatic rings. The summed E-state index contributed by atoms with van der Waals surface area (Å²) in [5.41, 5.74) is 1.61. The maximum atomic E-state index is 14.2. The summed E-state index contributed by atoms with van der Waals surface area (Å²) < 4.78 is 20.1. The Morgan fingerprint density at radius 2 is 1.90 bits per heavy atom.